The van der Waals surface area contributed by atoms with E-state index in [4.69, 9.17) is 39.2 Å². The summed E-state index contributed by atoms with van der Waals surface area (Å²) in [5.41, 5.74) is 27.4. The van der Waals surface area contributed by atoms with Crippen LogP contribution in [0.5, 0.6) is 0 Å². The third-order valence-corrected chi connectivity index (χ3v) is 31.7. The van der Waals surface area contributed by atoms with Gasteiger partial charge in [0.1, 0.15) is 17.7 Å². The molecule has 7 aromatic heterocycles. The fourth-order valence-corrected chi connectivity index (χ4v) is 23.5. The van der Waals surface area contributed by atoms with Gasteiger partial charge in [0.25, 0.3) is 0 Å². The number of hydrogen-bond acceptors (Lipinski definition) is 19. The third kappa shape index (κ3) is 34.5. The van der Waals surface area contributed by atoms with Crippen molar-refractivity contribution in [1.29, 1.82) is 0 Å². The average Bonchev–Trinajstić information content (AvgIpc) is 1.70. The summed E-state index contributed by atoms with van der Waals surface area (Å²) in [6, 6.07) is 67.0. The monoisotopic (exact) mass is 3680 g/mol. The van der Waals surface area contributed by atoms with Crippen molar-refractivity contribution in [3.05, 3.63) is 264 Å². The summed E-state index contributed by atoms with van der Waals surface area (Å²) in [5.74, 6) is 2.20. The smallest absolute Gasteiger partial charge is 0.148 e. The Morgan fingerprint density at radius 3 is 1.29 bits per heavy atom. The number of rotatable bonds is 9. The number of fused-ring (bicyclic) bond motifs is 6. The number of thiazole rings is 2. The summed E-state index contributed by atoms with van der Waals surface area (Å²) in [6.45, 7) is 38.2. The molecule has 18 nitrogen and oxygen atoms in total. The van der Waals surface area contributed by atoms with Crippen LogP contribution in [0.1, 0.15) is 276 Å². The van der Waals surface area contributed by atoms with Crippen molar-refractivity contribution >= 4 is 139 Å². The van der Waals surface area contributed by atoms with E-state index >= 15 is 0 Å². The Hall–Kier alpha value is -4.94. The Bertz CT molecular complexity index is 6620. The Kier molecular flexibility index (Phi) is 54.4. The zero-order valence-electron chi connectivity index (χ0n) is 88.1. The van der Waals surface area contributed by atoms with E-state index in [-0.39, 0.29) is 213 Å². The summed E-state index contributed by atoms with van der Waals surface area (Å²) in [6.07, 6.45) is 34.4. The normalized spacial score (nSPS) is 18.3. The van der Waals surface area contributed by atoms with Gasteiger partial charge in [0, 0.05) is 254 Å². The van der Waals surface area contributed by atoms with Gasteiger partial charge in [-0.1, -0.05) is 194 Å². The number of benzene rings is 6. The fourth-order valence-electron chi connectivity index (χ4n) is 20.1. The van der Waals surface area contributed by atoms with Gasteiger partial charge >= 0.3 is 0 Å². The summed E-state index contributed by atoms with van der Waals surface area (Å²) in [7, 11) is 6.02. The minimum Gasteiger partial charge on any atom is -0.533 e. The van der Waals surface area contributed by atoms with Crippen LogP contribution in [-0.2, 0) is 242 Å². The molecule has 6 aromatic carbocycles. The number of para-hydroxylation sites is 1. The summed E-state index contributed by atoms with van der Waals surface area (Å²) < 4.78 is 26.0. The summed E-state index contributed by atoms with van der Waals surface area (Å²) >= 11 is 6.68. The number of nitrogens with zero attached hydrogens (tertiary/aromatic N) is 15. The van der Waals surface area contributed by atoms with Crippen molar-refractivity contribution in [2.24, 2.45) is 98.6 Å². The second-order valence-electron chi connectivity index (χ2n) is 41.7. The Labute approximate surface area is 1020 Å². The van der Waals surface area contributed by atoms with E-state index in [0.29, 0.717) is 5.90 Å². The molecule has 0 N–H and O–H groups in total. The van der Waals surface area contributed by atoms with Gasteiger partial charge in [-0.2, -0.15) is 23.5 Å². The molecule has 0 saturated carbocycles. The van der Waals surface area contributed by atoms with Gasteiger partial charge in [-0.15, -0.1) is 164 Å². The van der Waals surface area contributed by atoms with Crippen molar-refractivity contribution in [2.75, 3.05) is 78.7 Å². The van der Waals surface area contributed by atoms with Gasteiger partial charge < -0.3 is 72.9 Å². The van der Waals surface area contributed by atoms with Crippen LogP contribution >= 0.6 is 45.3 Å². The van der Waals surface area contributed by atoms with Crippen LogP contribution < -0.4 is 0 Å². The van der Waals surface area contributed by atoms with E-state index in [2.05, 4.69) is 275 Å². The zero-order chi connectivity index (χ0) is 97.9. The molecule has 0 spiro atoms. The third-order valence-electron chi connectivity index (χ3n) is 28.0. The fraction of sp³-hybridized carbons (Fsp3) is 0.475. The van der Waals surface area contributed by atoms with Crippen LogP contribution in [-0.4, -0.2) is 160 Å². The molecule has 0 amide bonds. The van der Waals surface area contributed by atoms with Crippen molar-refractivity contribution in [1.82, 2.24) is 28.9 Å². The van der Waals surface area contributed by atoms with Gasteiger partial charge in [0.2, 0.25) is 0 Å². The molecule has 0 unspecified atom stereocenters. The Morgan fingerprint density at radius 1 is 0.349 bits per heavy atom. The Balaban J connectivity index is 0.000000226. The molecule has 817 valence electrons. The van der Waals surface area contributed by atoms with Crippen molar-refractivity contribution < 1.29 is 195 Å². The van der Waals surface area contributed by atoms with E-state index in [1.54, 1.807) is 45.5 Å². The molecule has 9 aliphatic heterocycles. The predicted octanol–water partition coefficient (Wildman–Crippen LogP) is 26.3. The SMILES string of the molecule is CC1(C)CCCN=C1c1[c-]c2ccccc2s1.CC1(C)CCCN=C1c1[c-]cc2c(c1)CCCC2.CC1(C)CCCN=C1c1[c-]cc2scnc2c1.CC1(C)CCCN=C1c1[c-]ccc2c1CCCC2.Cn1c(C2=NCCCC2(C)C)[c-]c2ccccc21.Cn1cc[c-]c1C1=NCCCO1.Cn1nc[c-]c1C1=NCCCC1(C)C.[Ir].[Ir].[Ir].[Ir].[Ir].[Ir].[Ir].[Ir].[Ir].[c-]1c(C2=NCCCO2)sc2ccccc12.[c-]1ncsc1C1=NCCCO1. The first-order chi connectivity index (χ1) is 67.7. The molecule has 9 radical (unpaired) electrons. The molecule has 31 heteroatoms. The predicted molar refractivity (Wildman–Crippen MR) is 585 cm³/mol. The first-order valence-electron chi connectivity index (χ1n) is 50.8. The van der Waals surface area contributed by atoms with Gasteiger partial charge in [0.05, 0.1) is 25.3 Å². The van der Waals surface area contributed by atoms with Crippen LogP contribution in [0, 0.1) is 87.2 Å². The second kappa shape index (κ2) is 61.8. The number of ether oxygens (including phenoxy) is 3. The number of aliphatic imine (C=N–C) groups is 9. The molecule has 24 rings (SSSR count). The van der Waals surface area contributed by atoms with Gasteiger partial charge in [-0.25, -0.2) is 45.2 Å². The quantitative estimate of drug-likeness (QED) is 0.129. The van der Waals surface area contributed by atoms with Crippen molar-refractivity contribution in [3.8, 4) is 0 Å². The molecule has 0 fully saturated rings. The first-order valence-corrected chi connectivity index (χ1v) is 54.2. The molecule has 13 aromatic rings. The maximum Gasteiger partial charge on any atom is 0.148 e. The standard InChI is InChI=1S/2C17H22N.C16H19N2.C15H16NS.C14H15N2S.C12H10NOS.C11H16N3.C9H11N2O.C7H7N2OS.9Ir/c1-17(2)11-6-12-18-16(17)15-10-5-8-13-7-3-4-9-14(13)15;1-17(2)10-5-11-18-16(17)15-9-8-13-6-3-4-7-14(13)12-15;1-16(2)9-6-10-17-15(16)14-11-12-7-4-5-8-13(12)18(14)3;1-15(2)8-5-9-16-14(15)13-10-11-6-3-4-7-12(11)17-13;1-14(2)6-3-7-15-13(14)10-4-5-12-11(8-10)16-9-17-12;1-2-5-10-9(4-1)8-11(15-10)12-13-6-3-7-14-12;1-11(2)6-4-7-12-10(11)9-5-8-13-14(9)3;1-11-6-2-4-8(11)9-10-5-3-7-12-9;1-2-9-7(10-3-1)6-4-8-5-11-6;;;;;;;;;/h5,8H,3-4,6-7,9,11-12H2,1-2H3;8,12H,3-7,10-11H2,1-2H3;4-5,7-8H,6,9-10H2,1-3H3;3-4,6-7H,5,8-9H2,1-2H3;5,8-9H,3,6-7H2,1-2H3;1-2,4-5H,3,6-7H2;8H,4,6-7H2,1-3H3;2,6H,3,5,7H2,1H3;5H,1-3H2;;;;;;;;;/q9*-1;;;;;;;;;. The maximum atomic E-state index is 5.52. The minimum absolute atomic E-state index is 0. The second-order valence-corrected chi connectivity index (χ2v) is 45.6. The molecular weight excluding hydrogens is 3530 g/mol. The Morgan fingerprint density at radius 2 is 0.799 bits per heavy atom. The molecule has 11 aliphatic rings. The minimum atomic E-state index is 0. The van der Waals surface area contributed by atoms with Crippen LogP contribution in [0.3, 0.4) is 0 Å². The van der Waals surface area contributed by atoms with Gasteiger partial charge in [-0.3, -0.25) is 9.98 Å². The summed E-state index contributed by atoms with van der Waals surface area (Å²) in [5, 5.41) is 7.68. The van der Waals surface area contributed by atoms with Gasteiger partial charge in [0.15, 0.2) is 0 Å². The van der Waals surface area contributed by atoms with E-state index < -0.39 is 0 Å². The molecule has 0 atom stereocenters. The van der Waals surface area contributed by atoms with E-state index in [9.17, 15) is 0 Å². The molecule has 0 bridgehead atoms. The van der Waals surface area contributed by atoms with E-state index in [1.807, 2.05) is 70.7 Å². The van der Waals surface area contributed by atoms with Crippen LogP contribution in [0.4, 0.5) is 0 Å². The number of aryl methyl sites for hydroxylation is 6. The molecule has 149 heavy (non-hydrogen) atoms. The average molecular weight is 3670 g/mol. The molecule has 0 saturated heterocycles. The van der Waals surface area contributed by atoms with E-state index in [0.717, 1.165) is 159 Å². The number of thiophene rings is 2. The zero-order valence-corrected chi connectivity index (χ0v) is 113. The van der Waals surface area contributed by atoms with Crippen molar-refractivity contribution in [2.45, 2.75) is 231 Å². The molecule has 2 aliphatic carbocycles. The van der Waals surface area contributed by atoms with Crippen LogP contribution in [0.25, 0.3) is 41.3 Å². The summed E-state index contributed by atoms with van der Waals surface area (Å²) in [4.78, 5) is 52.7. The van der Waals surface area contributed by atoms with Crippen LogP contribution in [0.2, 0.25) is 0 Å². The number of hydrogen-bond donors (Lipinski definition) is 0. The van der Waals surface area contributed by atoms with Crippen LogP contribution in [0.15, 0.2) is 184 Å². The number of aromatic nitrogens is 6. The largest absolute Gasteiger partial charge is 0.533 e. The van der Waals surface area contributed by atoms with Gasteiger partial charge in [-0.05, 0) is 228 Å². The first kappa shape index (κ1) is 131. The van der Waals surface area contributed by atoms with E-state index in [1.165, 1.54) is 226 Å². The molecule has 16 heterocycles. The topological polar surface area (TPSA) is 192 Å². The molecular formula is C118H138Ir9N15O3S4-9. The maximum absolute atomic E-state index is 5.52. The van der Waals surface area contributed by atoms with Crippen molar-refractivity contribution in [3.63, 3.8) is 0 Å².